The number of hydrogen-bond acceptors (Lipinski definition) is 6. The van der Waals surface area contributed by atoms with Gasteiger partial charge in [0.2, 0.25) is 0 Å². The Morgan fingerprint density at radius 2 is 1.93 bits per heavy atom. The van der Waals surface area contributed by atoms with Crippen molar-refractivity contribution in [3.8, 4) is 0 Å². The van der Waals surface area contributed by atoms with Crippen LogP contribution in [0.1, 0.15) is 44.5 Å². The molecule has 0 saturated carbocycles. The molecule has 6 nitrogen and oxygen atoms in total. The van der Waals surface area contributed by atoms with Gasteiger partial charge in [0, 0.05) is 9.77 Å². The van der Waals surface area contributed by atoms with Gasteiger partial charge in [-0.25, -0.2) is 4.79 Å². The maximum atomic E-state index is 12.4. The van der Waals surface area contributed by atoms with Gasteiger partial charge in [0.05, 0.1) is 11.1 Å². The second-order valence-electron chi connectivity index (χ2n) is 6.19. The van der Waals surface area contributed by atoms with Gasteiger partial charge in [0.1, 0.15) is 5.00 Å². The fourth-order valence-electron chi connectivity index (χ4n) is 2.98. The number of esters is 1. The Bertz CT molecular complexity index is 890. The van der Waals surface area contributed by atoms with Crippen molar-refractivity contribution in [2.24, 2.45) is 5.73 Å². The van der Waals surface area contributed by atoms with Crippen LogP contribution < -0.4 is 11.1 Å². The molecule has 1 aromatic heterocycles. The highest BCUT2D eigenvalue weighted by molar-refractivity contribution is 7.98. The first-order chi connectivity index (χ1) is 12.9. The Hall–Kier alpha value is -2.32. The topological polar surface area (TPSA) is 98.5 Å². The quantitative estimate of drug-likeness (QED) is 0.569. The number of ether oxygens (including phenoxy) is 1. The van der Waals surface area contributed by atoms with Gasteiger partial charge in [-0.15, -0.1) is 23.1 Å². The number of aryl methyl sites for hydroxylation is 1. The molecule has 142 valence electrons. The van der Waals surface area contributed by atoms with E-state index in [9.17, 15) is 14.4 Å². The summed E-state index contributed by atoms with van der Waals surface area (Å²) in [6.45, 7) is 1.49. The first kappa shape index (κ1) is 19.4. The number of thiophene rings is 1. The fraction of sp³-hybridized carbons (Fsp3) is 0.316. The minimum Gasteiger partial charge on any atom is -0.449 e. The van der Waals surface area contributed by atoms with E-state index in [0.29, 0.717) is 16.1 Å². The number of primary amides is 1. The summed E-state index contributed by atoms with van der Waals surface area (Å²) in [5.41, 5.74) is 7.18. The zero-order chi connectivity index (χ0) is 19.6. The van der Waals surface area contributed by atoms with Crippen LogP contribution >= 0.6 is 23.1 Å². The van der Waals surface area contributed by atoms with Gasteiger partial charge in [-0.3, -0.25) is 9.59 Å². The molecule has 0 unspecified atom stereocenters. The fourth-order valence-corrected chi connectivity index (χ4v) is 4.68. The molecule has 0 radical (unpaired) electrons. The number of carbonyl (C=O) groups is 3. The average molecular weight is 405 g/mol. The summed E-state index contributed by atoms with van der Waals surface area (Å²) < 4.78 is 5.25. The van der Waals surface area contributed by atoms with Gasteiger partial charge >= 0.3 is 5.97 Å². The summed E-state index contributed by atoms with van der Waals surface area (Å²) in [5, 5.41) is 3.13. The number of thioether (sulfide) groups is 1. The van der Waals surface area contributed by atoms with E-state index in [4.69, 9.17) is 10.5 Å². The van der Waals surface area contributed by atoms with E-state index in [1.807, 2.05) is 18.4 Å². The molecular formula is C19H20N2O4S2. The molecule has 1 heterocycles. The number of benzene rings is 1. The zero-order valence-corrected chi connectivity index (χ0v) is 16.7. The van der Waals surface area contributed by atoms with Gasteiger partial charge < -0.3 is 15.8 Å². The Balaban J connectivity index is 1.67. The maximum Gasteiger partial charge on any atom is 0.338 e. The first-order valence-corrected chi connectivity index (χ1v) is 10.5. The molecule has 0 fully saturated rings. The summed E-state index contributed by atoms with van der Waals surface area (Å²) in [5.74, 6) is -1.62. The molecule has 1 atom stereocenters. The summed E-state index contributed by atoms with van der Waals surface area (Å²) in [6.07, 6.45) is 3.60. The number of amides is 2. The van der Waals surface area contributed by atoms with Crippen LogP contribution in [-0.4, -0.2) is 30.1 Å². The largest absolute Gasteiger partial charge is 0.449 e. The molecular weight excluding hydrogens is 384 g/mol. The number of nitrogens with one attached hydrogen (secondary N) is 1. The van der Waals surface area contributed by atoms with Crippen molar-refractivity contribution in [2.45, 2.75) is 37.2 Å². The van der Waals surface area contributed by atoms with Crippen LogP contribution in [0.15, 0.2) is 29.2 Å². The maximum absolute atomic E-state index is 12.4. The third kappa shape index (κ3) is 4.17. The standard InChI is InChI=1S/C19H20N2O4S2/c1-10(25-19(24)11-6-8-12(26-2)9-7-11)17(23)21-18-15(16(20)22)13-4-3-5-14(13)27-18/h6-10H,3-5H2,1-2H3,(H2,20,22)(H,21,23)/t10-/m1/s1. The van der Waals surface area contributed by atoms with Gasteiger partial charge in [-0.05, 0) is 62.3 Å². The van der Waals surface area contributed by atoms with Crippen molar-refractivity contribution in [3.63, 3.8) is 0 Å². The minimum absolute atomic E-state index is 0.375. The van der Waals surface area contributed by atoms with Crippen LogP contribution in [0.3, 0.4) is 0 Å². The summed E-state index contributed by atoms with van der Waals surface area (Å²) in [6, 6.07) is 6.96. The van der Waals surface area contributed by atoms with Crippen molar-refractivity contribution >= 4 is 45.9 Å². The van der Waals surface area contributed by atoms with E-state index in [-0.39, 0.29) is 0 Å². The molecule has 0 saturated heterocycles. The van der Waals surface area contributed by atoms with Crippen LogP contribution in [0.4, 0.5) is 5.00 Å². The monoisotopic (exact) mass is 404 g/mol. The van der Waals surface area contributed by atoms with Crippen LogP contribution in [0.2, 0.25) is 0 Å². The minimum atomic E-state index is -1.00. The van der Waals surface area contributed by atoms with E-state index >= 15 is 0 Å². The number of rotatable bonds is 6. The van der Waals surface area contributed by atoms with Gasteiger partial charge in [-0.1, -0.05) is 0 Å². The van der Waals surface area contributed by atoms with Crippen molar-refractivity contribution in [3.05, 3.63) is 45.8 Å². The highest BCUT2D eigenvalue weighted by Gasteiger charge is 2.28. The average Bonchev–Trinajstić information content (AvgIpc) is 3.21. The molecule has 1 aromatic carbocycles. The lowest BCUT2D eigenvalue weighted by atomic mass is 10.1. The lowest BCUT2D eigenvalue weighted by molar-refractivity contribution is -0.123. The van der Waals surface area contributed by atoms with Crippen molar-refractivity contribution in [1.82, 2.24) is 0 Å². The van der Waals surface area contributed by atoms with Crippen molar-refractivity contribution in [2.75, 3.05) is 11.6 Å². The van der Waals surface area contributed by atoms with Crippen LogP contribution in [0, 0.1) is 0 Å². The van der Waals surface area contributed by atoms with E-state index in [1.165, 1.54) is 18.3 Å². The Morgan fingerprint density at radius 1 is 1.22 bits per heavy atom. The summed E-state index contributed by atoms with van der Waals surface area (Å²) in [7, 11) is 0. The Labute approximate surface area is 165 Å². The smallest absolute Gasteiger partial charge is 0.338 e. The number of hydrogen-bond donors (Lipinski definition) is 2. The second-order valence-corrected chi connectivity index (χ2v) is 8.18. The summed E-state index contributed by atoms with van der Waals surface area (Å²) in [4.78, 5) is 38.6. The molecule has 2 amide bonds. The predicted molar refractivity (Wildman–Crippen MR) is 107 cm³/mol. The Morgan fingerprint density at radius 3 is 2.56 bits per heavy atom. The molecule has 1 aliphatic rings. The van der Waals surface area contributed by atoms with E-state index in [0.717, 1.165) is 34.6 Å². The van der Waals surface area contributed by atoms with Gasteiger partial charge in [-0.2, -0.15) is 0 Å². The van der Waals surface area contributed by atoms with Gasteiger partial charge in [0.25, 0.3) is 11.8 Å². The zero-order valence-electron chi connectivity index (χ0n) is 15.0. The molecule has 3 rings (SSSR count). The second kappa shape index (κ2) is 8.14. The molecule has 1 aliphatic carbocycles. The lowest BCUT2D eigenvalue weighted by Crippen LogP contribution is -2.30. The third-order valence-corrected chi connectivity index (χ3v) is 6.33. The molecule has 0 bridgehead atoms. The third-order valence-electron chi connectivity index (χ3n) is 4.38. The molecule has 0 spiro atoms. The van der Waals surface area contributed by atoms with E-state index in [1.54, 1.807) is 23.9 Å². The normalized spacial score (nSPS) is 13.7. The number of fused-ring (bicyclic) bond motifs is 1. The highest BCUT2D eigenvalue weighted by Crippen LogP contribution is 2.38. The molecule has 0 aliphatic heterocycles. The van der Waals surface area contributed by atoms with Crippen LogP contribution in [0.5, 0.6) is 0 Å². The first-order valence-electron chi connectivity index (χ1n) is 8.51. The van der Waals surface area contributed by atoms with Crippen LogP contribution in [0.25, 0.3) is 0 Å². The number of carbonyl (C=O) groups excluding carboxylic acids is 3. The number of nitrogens with two attached hydrogens (primary N) is 1. The van der Waals surface area contributed by atoms with E-state index in [2.05, 4.69) is 5.32 Å². The Kier molecular flexibility index (Phi) is 5.86. The van der Waals surface area contributed by atoms with Crippen molar-refractivity contribution < 1.29 is 19.1 Å². The molecule has 8 heteroatoms. The molecule has 27 heavy (non-hydrogen) atoms. The summed E-state index contributed by atoms with van der Waals surface area (Å²) >= 11 is 2.94. The number of anilines is 1. The lowest BCUT2D eigenvalue weighted by Gasteiger charge is -2.14. The SMILES string of the molecule is CSc1ccc(C(=O)O[C@H](C)C(=O)Nc2sc3c(c2C(N)=O)CCC3)cc1. The van der Waals surface area contributed by atoms with Crippen LogP contribution in [-0.2, 0) is 22.4 Å². The highest BCUT2D eigenvalue weighted by atomic mass is 32.2. The van der Waals surface area contributed by atoms with Crippen molar-refractivity contribution in [1.29, 1.82) is 0 Å². The predicted octanol–water partition coefficient (Wildman–Crippen LogP) is 3.24. The molecule has 3 N–H and O–H groups in total. The molecule has 2 aromatic rings. The van der Waals surface area contributed by atoms with Gasteiger partial charge in [0.15, 0.2) is 6.10 Å². The van der Waals surface area contributed by atoms with E-state index < -0.39 is 23.9 Å².